The summed E-state index contributed by atoms with van der Waals surface area (Å²) in [5, 5.41) is 11.7. The van der Waals surface area contributed by atoms with Crippen LogP contribution in [0.2, 0.25) is 0 Å². The van der Waals surface area contributed by atoms with Gasteiger partial charge in [0.15, 0.2) is 5.76 Å². The van der Waals surface area contributed by atoms with Crippen LogP contribution in [-0.4, -0.2) is 33.4 Å². The molecule has 0 atom stereocenters. The number of hydrogen-bond acceptors (Lipinski definition) is 5. The summed E-state index contributed by atoms with van der Waals surface area (Å²) in [5.74, 6) is 0.878. The maximum absolute atomic E-state index is 5.10. The Morgan fingerprint density at radius 1 is 1.40 bits per heavy atom. The van der Waals surface area contributed by atoms with Gasteiger partial charge in [0.1, 0.15) is 0 Å². The first-order valence-corrected chi connectivity index (χ1v) is 6.16. The number of rotatable bonds is 4. The van der Waals surface area contributed by atoms with Crippen molar-refractivity contribution >= 4 is 24.8 Å². The third-order valence-electron chi connectivity index (χ3n) is 3.07. The van der Waals surface area contributed by atoms with Crippen molar-refractivity contribution in [3.8, 4) is 0 Å². The van der Waals surface area contributed by atoms with E-state index in [1.54, 1.807) is 6.20 Å². The molecule has 0 unspecified atom stereocenters. The van der Waals surface area contributed by atoms with E-state index in [1.165, 1.54) is 5.69 Å². The molecule has 0 saturated carbocycles. The average Bonchev–Trinajstić information content (AvgIpc) is 2.96. The van der Waals surface area contributed by atoms with Crippen molar-refractivity contribution < 1.29 is 4.52 Å². The number of nitrogens with one attached hydrogen (secondary N) is 1. The van der Waals surface area contributed by atoms with Crippen molar-refractivity contribution in [2.45, 2.75) is 26.2 Å². The fourth-order valence-electron chi connectivity index (χ4n) is 2.25. The Bertz CT molecular complexity index is 490. The number of fused-ring (bicyclic) bond motifs is 1. The zero-order chi connectivity index (χ0) is 12.4. The zero-order valence-corrected chi connectivity index (χ0v) is 12.9. The minimum absolute atomic E-state index is 0. The third kappa shape index (κ3) is 3.96. The normalized spacial score (nSPS) is 13.5. The second kappa shape index (κ2) is 7.64. The molecule has 0 saturated heterocycles. The van der Waals surface area contributed by atoms with E-state index in [0.717, 1.165) is 44.2 Å². The SMILES string of the molecule is CN(Cc1cc2n(n1)CCNC2)Cc1ccno1.Cl.Cl. The van der Waals surface area contributed by atoms with Crippen LogP contribution in [0.5, 0.6) is 0 Å². The van der Waals surface area contributed by atoms with Gasteiger partial charge in [-0.1, -0.05) is 5.16 Å². The Labute approximate surface area is 130 Å². The summed E-state index contributed by atoms with van der Waals surface area (Å²) < 4.78 is 7.19. The molecule has 8 heteroatoms. The van der Waals surface area contributed by atoms with Gasteiger partial charge in [0, 0.05) is 25.7 Å². The van der Waals surface area contributed by atoms with Crippen LogP contribution in [0, 0.1) is 0 Å². The van der Waals surface area contributed by atoms with Gasteiger partial charge in [-0.05, 0) is 13.1 Å². The van der Waals surface area contributed by atoms with E-state index in [4.69, 9.17) is 4.52 Å². The van der Waals surface area contributed by atoms with Crippen molar-refractivity contribution in [1.82, 2.24) is 25.2 Å². The molecule has 0 spiro atoms. The molecule has 0 amide bonds. The Morgan fingerprint density at radius 2 is 2.25 bits per heavy atom. The van der Waals surface area contributed by atoms with Gasteiger partial charge in [0.2, 0.25) is 0 Å². The van der Waals surface area contributed by atoms with Gasteiger partial charge >= 0.3 is 0 Å². The zero-order valence-electron chi connectivity index (χ0n) is 11.3. The Morgan fingerprint density at radius 3 is 2.95 bits per heavy atom. The molecule has 0 bridgehead atoms. The standard InChI is InChI=1S/C12H17N5O.2ClH/c1-16(9-12-2-3-14-18-12)8-10-6-11-7-13-4-5-17(11)15-10;;/h2-3,6,13H,4-5,7-9H2,1H3;2*1H. The van der Waals surface area contributed by atoms with Crippen molar-refractivity contribution in [2.75, 3.05) is 13.6 Å². The van der Waals surface area contributed by atoms with E-state index >= 15 is 0 Å². The lowest BCUT2D eigenvalue weighted by Crippen LogP contribution is -2.28. The molecule has 0 aliphatic carbocycles. The second-order valence-corrected chi connectivity index (χ2v) is 4.68. The maximum Gasteiger partial charge on any atom is 0.150 e. The molecule has 3 heterocycles. The molecule has 2 aromatic heterocycles. The predicted molar refractivity (Wildman–Crippen MR) is 80.1 cm³/mol. The molecule has 0 aromatic carbocycles. The molecule has 112 valence electrons. The third-order valence-corrected chi connectivity index (χ3v) is 3.07. The van der Waals surface area contributed by atoms with Crippen LogP contribution >= 0.6 is 24.8 Å². The van der Waals surface area contributed by atoms with Crippen LogP contribution in [0.1, 0.15) is 17.1 Å². The second-order valence-electron chi connectivity index (χ2n) is 4.68. The van der Waals surface area contributed by atoms with Crippen LogP contribution in [0.15, 0.2) is 22.9 Å². The molecule has 3 rings (SSSR count). The molecule has 1 N–H and O–H groups in total. The minimum Gasteiger partial charge on any atom is -0.360 e. The lowest BCUT2D eigenvalue weighted by Gasteiger charge is -2.14. The smallest absolute Gasteiger partial charge is 0.150 e. The number of hydrogen-bond donors (Lipinski definition) is 1. The van der Waals surface area contributed by atoms with Gasteiger partial charge in [-0.15, -0.1) is 24.8 Å². The van der Waals surface area contributed by atoms with E-state index in [0.29, 0.717) is 0 Å². The molecule has 0 fully saturated rings. The van der Waals surface area contributed by atoms with Crippen molar-refractivity contribution in [1.29, 1.82) is 0 Å². The topological polar surface area (TPSA) is 59.1 Å². The first-order valence-electron chi connectivity index (χ1n) is 6.16. The van der Waals surface area contributed by atoms with E-state index in [1.807, 2.05) is 6.07 Å². The highest BCUT2D eigenvalue weighted by atomic mass is 35.5. The maximum atomic E-state index is 5.10. The van der Waals surface area contributed by atoms with Crippen molar-refractivity contribution in [3.63, 3.8) is 0 Å². The summed E-state index contributed by atoms with van der Waals surface area (Å²) in [6.07, 6.45) is 1.67. The van der Waals surface area contributed by atoms with Crippen LogP contribution in [0.3, 0.4) is 0 Å². The molecule has 2 aromatic rings. The highest BCUT2D eigenvalue weighted by Crippen LogP contribution is 2.11. The largest absolute Gasteiger partial charge is 0.360 e. The van der Waals surface area contributed by atoms with Gasteiger partial charge in [-0.2, -0.15) is 5.10 Å². The fourth-order valence-corrected chi connectivity index (χ4v) is 2.25. The van der Waals surface area contributed by atoms with Crippen LogP contribution in [0.4, 0.5) is 0 Å². The summed E-state index contributed by atoms with van der Waals surface area (Å²) in [5.41, 5.74) is 2.38. The monoisotopic (exact) mass is 319 g/mol. The first kappa shape index (κ1) is 17.0. The lowest BCUT2D eigenvalue weighted by molar-refractivity contribution is 0.263. The molecular formula is C12H19Cl2N5O. The Kier molecular flexibility index (Phi) is 6.48. The minimum atomic E-state index is 0. The van der Waals surface area contributed by atoms with Gasteiger partial charge in [-0.25, -0.2) is 0 Å². The highest BCUT2D eigenvalue weighted by Gasteiger charge is 2.13. The summed E-state index contributed by atoms with van der Waals surface area (Å²) in [6.45, 7) is 4.45. The Balaban J connectivity index is 0.000001000. The van der Waals surface area contributed by atoms with Crippen LogP contribution in [0.25, 0.3) is 0 Å². The molecule has 0 radical (unpaired) electrons. The summed E-state index contributed by atoms with van der Waals surface area (Å²) in [4.78, 5) is 2.17. The highest BCUT2D eigenvalue weighted by molar-refractivity contribution is 5.85. The van der Waals surface area contributed by atoms with E-state index < -0.39 is 0 Å². The molecule has 6 nitrogen and oxygen atoms in total. The summed E-state index contributed by atoms with van der Waals surface area (Å²) in [7, 11) is 2.05. The van der Waals surface area contributed by atoms with Crippen LogP contribution in [-0.2, 0) is 26.2 Å². The fraction of sp³-hybridized carbons (Fsp3) is 0.500. The number of nitrogens with zero attached hydrogens (tertiary/aromatic N) is 4. The van der Waals surface area contributed by atoms with Gasteiger partial charge in [0.25, 0.3) is 0 Å². The Hall–Kier alpha value is -1.08. The summed E-state index contributed by atoms with van der Waals surface area (Å²) in [6, 6.07) is 4.06. The van der Waals surface area contributed by atoms with Gasteiger partial charge in [-0.3, -0.25) is 9.58 Å². The lowest BCUT2D eigenvalue weighted by atomic mass is 10.3. The van der Waals surface area contributed by atoms with E-state index in [2.05, 4.69) is 38.3 Å². The summed E-state index contributed by atoms with van der Waals surface area (Å²) >= 11 is 0. The van der Waals surface area contributed by atoms with Crippen molar-refractivity contribution in [3.05, 3.63) is 35.5 Å². The quantitative estimate of drug-likeness (QED) is 0.924. The first-order chi connectivity index (χ1) is 8.81. The molecule has 1 aliphatic rings. The molecular weight excluding hydrogens is 301 g/mol. The molecule has 20 heavy (non-hydrogen) atoms. The van der Waals surface area contributed by atoms with E-state index in [9.17, 15) is 0 Å². The van der Waals surface area contributed by atoms with E-state index in [-0.39, 0.29) is 24.8 Å². The van der Waals surface area contributed by atoms with Gasteiger partial charge < -0.3 is 9.84 Å². The molecule has 1 aliphatic heterocycles. The van der Waals surface area contributed by atoms with Crippen LogP contribution < -0.4 is 5.32 Å². The number of aromatic nitrogens is 3. The predicted octanol–water partition coefficient (Wildman–Crippen LogP) is 1.45. The average molecular weight is 320 g/mol. The number of halogens is 2. The van der Waals surface area contributed by atoms with Crippen molar-refractivity contribution in [2.24, 2.45) is 0 Å². The van der Waals surface area contributed by atoms with Gasteiger partial charge in [0.05, 0.1) is 30.7 Å².